The van der Waals surface area contributed by atoms with Gasteiger partial charge < -0.3 is 19.5 Å². The van der Waals surface area contributed by atoms with Crippen LogP contribution in [-0.2, 0) is 4.74 Å². The molecule has 1 aliphatic carbocycles. The third-order valence-corrected chi connectivity index (χ3v) is 4.19. The molecule has 1 heterocycles. The number of hydrogen-bond donors (Lipinski definition) is 1. The second-order valence-corrected chi connectivity index (χ2v) is 5.51. The lowest BCUT2D eigenvalue weighted by Gasteiger charge is -2.39. The molecule has 0 aromatic heterocycles. The van der Waals surface area contributed by atoms with Crippen molar-refractivity contribution < 1.29 is 14.2 Å². The molecule has 1 saturated carbocycles. The molecular formula is C16H23NO3. The van der Waals surface area contributed by atoms with Crippen LogP contribution < -0.4 is 14.8 Å². The van der Waals surface area contributed by atoms with E-state index in [1.807, 2.05) is 12.1 Å². The fraction of sp³-hybridized carbons (Fsp3) is 0.625. The molecule has 1 fully saturated rings. The van der Waals surface area contributed by atoms with E-state index < -0.39 is 0 Å². The molecule has 0 spiro atoms. The van der Waals surface area contributed by atoms with Crippen molar-refractivity contribution in [3.63, 3.8) is 0 Å². The van der Waals surface area contributed by atoms with Crippen molar-refractivity contribution >= 4 is 0 Å². The lowest BCUT2D eigenvalue weighted by molar-refractivity contribution is -0.0135. The summed E-state index contributed by atoms with van der Waals surface area (Å²) in [6.07, 6.45) is 3.69. The molecule has 1 aromatic rings. The van der Waals surface area contributed by atoms with Crippen LogP contribution in [0.5, 0.6) is 11.5 Å². The van der Waals surface area contributed by atoms with Crippen LogP contribution in [0.1, 0.15) is 37.8 Å². The lowest BCUT2D eigenvalue weighted by Crippen LogP contribution is -2.47. The summed E-state index contributed by atoms with van der Waals surface area (Å²) < 4.78 is 16.7. The van der Waals surface area contributed by atoms with E-state index in [2.05, 4.69) is 18.3 Å². The summed E-state index contributed by atoms with van der Waals surface area (Å²) >= 11 is 0. The number of ether oxygens (including phenoxy) is 3. The molecular weight excluding hydrogens is 254 g/mol. The van der Waals surface area contributed by atoms with E-state index in [1.54, 1.807) is 7.11 Å². The van der Waals surface area contributed by atoms with E-state index in [-0.39, 0.29) is 0 Å². The Balaban J connectivity index is 1.64. The van der Waals surface area contributed by atoms with Crippen LogP contribution in [0.4, 0.5) is 0 Å². The van der Waals surface area contributed by atoms with Gasteiger partial charge in [-0.05, 0) is 38.0 Å². The van der Waals surface area contributed by atoms with Crippen molar-refractivity contribution in [1.82, 2.24) is 5.32 Å². The molecule has 4 heteroatoms. The van der Waals surface area contributed by atoms with Crippen molar-refractivity contribution in [3.8, 4) is 11.5 Å². The SMILES string of the molecule is CCOC1CC(NC2CCOc3ccc(OC)cc32)C1. The minimum Gasteiger partial charge on any atom is -0.497 e. The summed E-state index contributed by atoms with van der Waals surface area (Å²) in [6, 6.07) is 6.97. The van der Waals surface area contributed by atoms with Gasteiger partial charge in [-0.3, -0.25) is 0 Å². The zero-order chi connectivity index (χ0) is 13.9. The molecule has 1 aromatic carbocycles. The molecule has 4 nitrogen and oxygen atoms in total. The fourth-order valence-electron chi connectivity index (χ4n) is 3.03. The predicted octanol–water partition coefficient (Wildman–Crippen LogP) is 2.68. The molecule has 0 amide bonds. The monoisotopic (exact) mass is 277 g/mol. The molecule has 1 atom stereocenters. The van der Waals surface area contributed by atoms with Gasteiger partial charge in [-0.25, -0.2) is 0 Å². The summed E-state index contributed by atoms with van der Waals surface area (Å²) in [5.74, 6) is 1.87. The van der Waals surface area contributed by atoms with E-state index in [1.165, 1.54) is 5.56 Å². The molecule has 0 saturated heterocycles. The van der Waals surface area contributed by atoms with Crippen molar-refractivity contribution in [2.24, 2.45) is 0 Å². The van der Waals surface area contributed by atoms with Crippen molar-refractivity contribution in [2.75, 3.05) is 20.3 Å². The first-order chi connectivity index (χ1) is 9.80. The van der Waals surface area contributed by atoms with Gasteiger partial charge in [0.2, 0.25) is 0 Å². The first-order valence-electron chi connectivity index (χ1n) is 7.48. The second kappa shape index (κ2) is 6.02. The maximum absolute atomic E-state index is 5.73. The highest BCUT2D eigenvalue weighted by atomic mass is 16.5. The highest BCUT2D eigenvalue weighted by Gasteiger charge is 2.33. The molecule has 1 N–H and O–H groups in total. The van der Waals surface area contributed by atoms with Crippen molar-refractivity contribution in [3.05, 3.63) is 23.8 Å². The van der Waals surface area contributed by atoms with Gasteiger partial charge in [0.1, 0.15) is 11.5 Å². The summed E-state index contributed by atoms with van der Waals surface area (Å²) in [7, 11) is 1.70. The van der Waals surface area contributed by atoms with Crippen LogP contribution in [-0.4, -0.2) is 32.5 Å². The molecule has 1 aliphatic heterocycles. The molecule has 3 rings (SSSR count). The first-order valence-corrected chi connectivity index (χ1v) is 7.48. The minimum absolute atomic E-state index is 0.362. The van der Waals surface area contributed by atoms with Gasteiger partial charge in [0, 0.05) is 30.7 Å². The quantitative estimate of drug-likeness (QED) is 0.898. The van der Waals surface area contributed by atoms with E-state index >= 15 is 0 Å². The predicted molar refractivity (Wildman–Crippen MR) is 77.4 cm³/mol. The maximum Gasteiger partial charge on any atom is 0.124 e. The number of fused-ring (bicyclic) bond motifs is 1. The Bertz CT molecular complexity index is 457. The zero-order valence-electron chi connectivity index (χ0n) is 12.2. The second-order valence-electron chi connectivity index (χ2n) is 5.51. The smallest absolute Gasteiger partial charge is 0.124 e. The average molecular weight is 277 g/mol. The first kappa shape index (κ1) is 13.7. The van der Waals surface area contributed by atoms with Crippen LogP contribution in [0.3, 0.4) is 0 Å². The maximum atomic E-state index is 5.73. The summed E-state index contributed by atoms with van der Waals surface area (Å²) in [5.41, 5.74) is 1.22. The van der Waals surface area contributed by atoms with Crippen LogP contribution in [0, 0.1) is 0 Å². The Morgan fingerprint density at radius 1 is 1.35 bits per heavy atom. The molecule has 20 heavy (non-hydrogen) atoms. The average Bonchev–Trinajstić information content (AvgIpc) is 2.45. The molecule has 0 radical (unpaired) electrons. The highest BCUT2D eigenvalue weighted by molar-refractivity contribution is 5.43. The van der Waals surface area contributed by atoms with E-state index in [0.29, 0.717) is 18.2 Å². The summed E-state index contributed by atoms with van der Waals surface area (Å²) in [6.45, 7) is 3.65. The van der Waals surface area contributed by atoms with Gasteiger partial charge in [-0.2, -0.15) is 0 Å². The summed E-state index contributed by atoms with van der Waals surface area (Å²) in [5, 5.41) is 3.74. The van der Waals surface area contributed by atoms with Gasteiger partial charge >= 0.3 is 0 Å². The van der Waals surface area contributed by atoms with Gasteiger partial charge in [-0.15, -0.1) is 0 Å². The third kappa shape index (κ3) is 2.76. The Morgan fingerprint density at radius 2 is 2.20 bits per heavy atom. The summed E-state index contributed by atoms with van der Waals surface area (Å²) in [4.78, 5) is 0. The van der Waals surface area contributed by atoms with Gasteiger partial charge in [0.25, 0.3) is 0 Å². The van der Waals surface area contributed by atoms with Crippen LogP contribution in [0.2, 0.25) is 0 Å². The number of hydrogen-bond acceptors (Lipinski definition) is 4. The zero-order valence-corrected chi connectivity index (χ0v) is 12.2. The fourth-order valence-corrected chi connectivity index (χ4v) is 3.03. The highest BCUT2D eigenvalue weighted by Crippen LogP contribution is 2.36. The van der Waals surface area contributed by atoms with Gasteiger partial charge in [0.15, 0.2) is 0 Å². The van der Waals surface area contributed by atoms with Gasteiger partial charge in [-0.1, -0.05) is 0 Å². The van der Waals surface area contributed by atoms with Crippen molar-refractivity contribution in [1.29, 1.82) is 0 Å². The lowest BCUT2D eigenvalue weighted by atomic mass is 9.87. The number of rotatable bonds is 5. The number of methoxy groups -OCH3 is 1. The number of benzene rings is 1. The topological polar surface area (TPSA) is 39.7 Å². The van der Waals surface area contributed by atoms with E-state index in [4.69, 9.17) is 14.2 Å². The van der Waals surface area contributed by atoms with Gasteiger partial charge in [0.05, 0.1) is 19.8 Å². The Kier molecular flexibility index (Phi) is 4.13. The van der Waals surface area contributed by atoms with Crippen LogP contribution >= 0.6 is 0 Å². The molecule has 2 aliphatic rings. The van der Waals surface area contributed by atoms with E-state index in [9.17, 15) is 0 Å². The van der Waals surface area contributed by atoms with Crippen molar-refractivity contribution in [2.45, 2.75) is 44.4 Å². The Labute approximate surface area is 120 Å². The largest absolute Gasteiger partial charge is 0.497 e. The molecule has 110 valence electrons. The Hall–Kier alpha value is -1.26. The molecule has 0 bridgehead atoms. The normalized spacial score (nSPS) is 28.2. The van der Waals surface area contributed by atoms with Crippen LogP contribution in [0.15, 0.2) is 18.2 Å². The standard InChI is InChI=1S/C16H23NO3/c1-3-19-13-8-11(9-13)17-15-6-7-20-16-5-4-12(18-2)10-14(15)16/h4-5,10-11,13,15,17H,3,6-9H2,1-2H3. The minimum atomic E-state index is 0.362. The number of nitrogens with one attached hydrogen (secondary N) is 1. The molecule has 1 unspecified atom stereocenters. The third-order valence-electron chi connectivity index (χ3n) is 4.19. The van der Waals surface area contributed by atoms with Crippen LogP contribution in [0.25, 0.3) is 0 Å². The Morgan fingerprint density at radius 3 is 2.95 bits per heavy atom. The van der Waals surface area contributed by atoms with E-state index in [0.717, 1.165) is 44.0 Å².